The van der Waals surface area contributed by atoms with Crippen molar-refractivity contribution in [2.24, 2.45) is 0 Å². The fraction of sp³-hybridized carbons (Fsp3) is 0.500. The van der Waals surface area contributed by atoms with Crippen molar-refractivity contribution in [1.29, 1.82) is 0 Å². The van der Waals surface area contributed by atoms with Gasteiger partial charge < -0.3 is 0 Å². The van der Waals surface area contributed by atoms with Gasteiger partial charge in [0.05, 0.1) is 4.20 Å². The van der Waals surface area contributed by atoms with Gasteiger partial charge in [0.2, 0.25) is 0 Å². The van der Waals surface area contributed by atoms with Crippen molar-refractivity contribution >= 4 is 46.8 Å². The summed E-state index contributed by atoms with van der Waals surface area (Å²) in [6.07, 6.45) is 0. The van der Waals surface area contributed by atoms with E-state index in [1.54, 1.807) is 6.92 Å². The zero-order chi connectivity index (χ0) is 5.15. The summed E-state index contributed by atoms with van der Waals surface area (Å²) >= 11 is 13.9. The van der Waals surface area contributed by atoms with E-state index in [2.05, 4.69) is 34.6 Å². The second kappa shape index (κ2) is 2.96. The number of thiol groups is 1. The van der Waals surface area contributed by atoms with E-state index in [9.17, 15) is 0 Å². The maximum Gasteiger partial charge on any atom is 0.0504 e. The maximum absolute atomic E-state index is 4.64. The van der Waals surface area contributed by atoms with Gasteiger partial charge in [0.15, 0.2) is 0 Å². The van der Waals surface area contributed by atoms with Gasteiger partial charge in [-0.25, -0.2) is 0 Å². The molecule has 0 aromatic carbocycles. The summed E-state index contributed by atoms with van der Waals surface area (Å²) in [6, 6.07) is 0. The van der Waals surface area contributed by atoms with Crippen LogP contribution in [0.5, 0.6) is 0 Å². The first-order valence-corrected chi connectivity index (χ1v) is 5.07. The van der Waals surface area contributed by atoms with E-state index >= 15 is 0 Å². The van der Waals surface area contributed by atoms with Crippen LogP contribution in [0.15, 0.2) is 0 Å². The highest BCUT2D eigenvalue weighted by atomic mass is 33.1. The van der Waals surface area contributed by atoms with Crippen molar-refractivity contribution in [2.45, 2.75) is 6.92 Å². The minimum absolute atomic E-state index is 0.761. The van der Waals surface area contributed by atoms with Crippen LogP contribution in [0.3, 0.4) is 0 Å². The van der Waals surface area contributed by atoms with E-state index in [0.717, 1.165) is 4.20 Å². The fourth-order valence-electron chi connectivity index (χ4n) is 0. The van der Waals surface area contributed by atoms with Crippen LogP contribution in [0, 0.1) is 0 Å². The highest BCUT2D eigenvalue weighted by Gasteiger charge is 1.72. The smallest absolute Gasteiger partial charge is 0.0504 e. The molecule has 0 nitrogen and oxygen atoms in total. The summed E-state index contributed by atoms with van der Waals surface area (Å²) in [5.74, 6) is 0. The van der Waals surface area contributed by atoms with Crippen molar-refractivity contribution < 1.29 is 0 Å². The molecule has 0 radical (unpaired) electrons. The lowest BCUT2D eigenvalue weighted by atomic mass is 11.0. The summed E-state index contributed by atoms with van der Waals surface area (Å²) < 4.78 is 0.787. The summed E-state index contributed by atoms with van der Waals surface area (Å²) in [4.78, 5) is 0. The Balaban J connectivity index is 3.94. The molecule has 0 rings (SSSR count). The topological polar surface area (TPSA) is 0 Å². The van der Waals surface area contributed by atoms with E-state index in [-0.39, 0.29) is 0 Å². The monoisotopic (exact) mass is 156 g/mol. The number of rotatable bonds is 0. The molecule has 6 heavy (non-hydrogen) atoms. The predicted octanol–water partition coefficient (Wildman–Crippen LogP) is 0.608. The van der Waals surface area contributed by atoms with Gasteiger partial charge in [0.25, 0.3) is 0 Å². The molecule has 0 saturated carbocycles. The number of hydrogen-bond donors (Lipinski definition) is 1. The molecule has 0 aliphatic carbocycles. The van der Waals surface area contributed by atoms with Gasteiger partial charge in [-0.1, -0.05) is 20.2 Å². The van der Waals surface area contributed by atoms with Crippen LogP contribution in [-0.2, 0) is 30.4 Å². The molecule has 0 fully saturated rings. The molecule has 0 amide bonds. The van der Waals surface area contributed by atoms with Crippen LogP contribution in [-0.4, -0.2) is 4.20 Å². The van der Waals surface area contributed by atoms with E-state index in [4.69, 9.17) is 0 Å². The molecule has 0 unspecified atom stereocenters. The first kappa shape index (κ1) is 6.88. The first-order chi connectivity index (χ1) is 2.64. The lowest BCUT2D eigenvalue weighted by molar-refractivity contribution is 2.12. The average Bonchev–Trinajstić information content (AvgIpc) is 1.36. The molecule has 0 aromatic rings. The van der Waals surface area contributed by atoms with Gasteiger partial charge in [0, 0.05) is 0 Å². The van der Waals surface area contributed by atoms with Crippen molar-refractivity contribution in [2.75, 3.05) is 0 Å². The third-order valence-electron chi connectivity index (χ3n) is 0.257. The molecule has 0 bridgehead atoms. The molecule has 0 atom stereocenters. The Hall–Kier alpha value is 0.880. The SMILES string of the molecule is CC(=S)[SH](=S)=S. The predicted molar refractivity (Wildman–Crippen MR) is 41.8 cm³/mol. The highest BCUT2D eigenvalue weighted by molar-refractivity contribution is 8.56. The van der Waals surface area contributed by atoms with Crippen LogP contribution in [0.25, 0.3) is 0 Å². The minimum Gasteiger partial charge on any atom is -0.0774 e. The Morgan fingerprint density at radius 1 is 1.50 bits per heavy atom. The molecular formula is C2H4S4. The summed E-state index contributed by atoms with van der Waals surface area (Å²) in [5.41, 5.74) is 0. The Morgan fingerprint density at radius 3 is 1.67 bits per heavy atom. The normalized spacial score (nSPS) is 9.00. The molecule has 0 spiro atoms. The lowest BCUT2D eigenvalue weighted by Crippen LogP contribution is -1.80. The third kappa shape index (κ3) is 3.08. The van der Waals surface area contributed by atoms with Gasteiger partial charge in [-0.05, 0) is 29.3 Å². The van der Waals surface area contributed by atoms with Crippen molar-refractivity contribution in [1.82, 2.24) is 0 Å². The third-order valence-corrected chi connectivity index (χ3v) is 3.66. The van der Waals surface area contributed by atoms with E-state index < -0.39 is 8.01 Å². The van der Waals surface area contributed by atoms with Crippen LogP contribution in [0.4, 0.5) is 0 Å². The van der Waals surface area contributed by atoms with Crippen LogP contribution >= 0.6 is 12.2 Å². The zero-order valence-corrected chi connectivity index (χ0v) is 6.52. The Bertz CT molecular complexity index is 112. The second-order valence-electron chi connectivity index (χ2n) is 0.776. The van der Waals surface area contributed by atoms with Crippen molar-refractivity contribution in [3.8, 4) is 0 Å². The maximum atomic E-state index is 4.64. The Labute approximate surface area is 53.8 Å². The van der Waals surface area contributed by atoms with Crippen molar-refractivity contribution in [3.05, 3.63) is 0 Å². The van der Waals surface area contributed by atoms with E-state index in [0.29, 0.717) is 0 Å². The highest BCUT2D eigenvalue weighted by Crippen LogP contribution is 1.71. The molecule has 0 saturated heterocycles. The van der Waals surface area contributed by atoms with Gasteiger partial charge >= 0.3 is 0 Å². The second-order valence-corrected chi connectivity index (χ2v) is 5.76. The molecule has 4 heteroatoms. The molecule has 0 aliphatic rings. The van der Waals surface area contributed by atoms with E-state index in [1.165, 1.54) is 0 Å². The quantitative estimate of drug-likeness (QED) is 0.403. The van der Waals surface area contributed by atoms with Gasteiger partial charge in [0.1, 0.15) is 0 Å². The number of thiocarbonyl (C=S) groups is 1. The van der Waals surface area contributed by atoms with Crippen LogP contribution in [0.2, 0.25) is 0 Å². The molecule has 0 heterocycles. The first-order valence-electron chi connectivity index (χ1n) is 1.29. The van der Waals surface area contributed by atoms with Crippen LogP contribution < -0.4 is 0 Å². The molecule has 0 N–H and O–H groups in total. The zero-order valence-electron chi connectivity index (χ0n) is 3.17. The summed E-state index contributed by atoms with van der Waals surface area (Å²) in [5, 5.41) is 0. The van der Waals surface area contributed by atoms with Crippen LogP contribution in [0.1, 0.15) is 6.92 Å². The van der Waals surface area contributed by atoms with E-state index in [1.807, 2.05) is 0 Å². The molecule has 36 valence electrons. The van der Waals surface area contributed by atoms with Gasteiger partial charge in [-0.15, -0.1) is 0 Å². The Morgan fingerprint density at radius 2 is 1.67 bits per heavy atom. The average molecular weight is 156 g/mol. The molecular weight excluding hydrogens is 152 g/mol. The largest absolute Gasteiger partial charge is 0.0774 e. The summed E-state index contributed by atoms with van der Waals surface area (Å²) in [7, 11) is -0.761. The lowest BCUT2D eigenvalue weighted by Gasteiger charge is -1.75. The molecule has 0 aliphatic heterocycles. The minimum atomic E-state index is -0.761. The van der Waals surface area contributed by atoms with Gasteiger partial charge in [-0.3, -0.25) is 0 Å². The standard InChI is InChI=1S/C2H4S4/c1-2(3)6(4)5/h6H,1H3. The van der Waals surface area contributed by atoms with Crippen molar-refractivity contribution in [3.63, 3.8) is 0 Å². The molecule has 0 aromatic heterocycles. The number of hydrogen-bond acceptors (Lipinski definition) is 3. The fourth-order valence-corrected chi connectivity index (χ4v) is 0. The Kier molecular flexibility index (Phi) is 3.39. The summed E-state index contributed by atoms with van der Waals surface area (Å²) in [6.45, 7) is 1.79. The van der Waals surface area contributed by atoms with Gasteiger partial charge in [-0.2, -0.15) is 0 Å².